The van der Waals surface area contributed by atoms with E-state index < -0.39 is 11.9 Å². The van der Waals surface area contributed by atoms with Crippen molar-refractivity contribution in [3.63, 3.8) is 0 Å². The lowest BCUT2D eigenvalue weighted by Crippen LogP contribution is -2.16. The molecule has 3 aromatic rings. The van der Waals surface area contributed by atoms with Crippen LogP contribution in [0.4, 0.5) is 11.4 Å². The standard InChI is InChI=1S/C23H20N2O4S/c1-15-5-4-6-17(13-15)24-21(26)14-30-18-11-9-16(10-12-18)25-22(27)19-7-2-3-8-20(19)23(28)29/h2-13H,14H2,1H3,(H,24,26)(H,25,27)(H,28,29). The Bertz CT molecular complexity index is 1080. The maximum absolute atomic E-state index is 12.4. The molecule has 3 N–H and O–H groups in total. The van der Waals surface area contributed by atoms with E-state index in [-0.39, 0.29) is 22.8 Å². The van der Waals surface area contributed by atoms with Gasteiger partial charge >= 0.3 is 5.97 Å². The zero-order valence-corrected chi connectivity index (χ0v) is 17.0. The van der Waals surface area contributed by atoms with Crippen LogP contribution < -0.4 is 10.6 Å². The SMILES string of the molecule is Cc1cccc(NC(=O)CSc2ccc(NC(=O)c3ccccc3C(=O)O)cc2)c1. The zero-order chi connectivity index (χ0) is 21.5. The molecule has 0 atom stereocenters. The lowest BCUT2D eigenvalue weighted by atomic mass is 10.1. The maximum atomic E-state index is 12.4. The molecule has 7 heteroatoms. The van der Waals surface area contributed by atoms with Gasteiger partial charge in [0, 0.05) is 16.3 Å². The van der Waals surface area contributed by atoms with Gasteiger partial charge in [0.2, 0.25) is 5.91 Å². The topological polar surface area (TPSA) is 95.5 Å². The molecule has 0 aliphatic heterocycles. The van der Waals surface area contributed by atoms with Crippen molar-refractivity contribution in [1.29, 1.82) is 0 Å². The molecule has 30 heavy (non-hydrogen) atoms. The Labute approximate surface area is 178 Å². The monoisotopic (exact) mass is 420 g/mol. The number of nitrogens with one attached hydrogen (secondary N) is 2. The number of rotatable bonds is 7. The van der Waals surface area contributed by atoms with E-state index in [4.69, 9.17) is 0 Å². The van der Waals surface area contributed by atoms with Crippen molar-refractivity contribution < 1.29 is 19.5 Å². The Morgan fingerprint density at radius 3 is 2.20 bits per heavy atom. The summed E-state index contributed by atoms with van der Waals surface area (Å²) >= 11 is 1.38. The second kappa shape index (κ2) is 9.76. The summed E-state index contributed by atoms with van der Waals surface area (Å²) in [7, 11) is 0. The molecule has 0 radical (unpaired) electrons. The molecule has 0 saturated heterocycles. The summed E-state index contributed by atoms with van der Waals surface area (Å²) in [5.74, 6) is -1.50. The molecule has 0 aliphatic rings. The van der Waals surface area contributed by atoms with Gasteiger partial charge in [-0.15, -0.1) is 11.8 Å². The minimum atomic E-state index is -1.16. The molecule has 3 aromatic carbocycles. The summed E-state index contributed by atoms with van der Waals surface area (Å²) in [6.07, 6.45) is 0. The summed E-state index contributed by atoms with van der Waals surface area (Å²) in [4.78, 5) is 36.7. The average Bonchev–Trinajstić information content (AvgIpc) is 2.73. The maximum Gasteiger partial charge on any atom is 0.336 e. The predicted octanol–water partition coefficient (Wildman–Crippen LogP) is 4.68. The van der Waals surface area contributed by atoms with Crippen LogP contribution in [0.15, 0.2) is 77.7 Å². The van der Waals surface area contributed by atoms with Crippen LogP contribution in [0.3, 0.4) is 0 Å². The van der Waals surface area contributed by atoms with Gasteiger partial charge in [-0.1, -0.05) is 24.3 Å². The normalized spacial score (nSPS) is 10.3. The highest BCUT2D eigenvalue weighted by Crippen LogP contribution is 2.21. The largest absolute Gasteiger partial charge is 0.478 e. The van der Waals surface area contributed by atoms with Crippen LogP contribution >= 0.6 is 11.8 Å². The van der Waals surface area contributed by atoms with Crippen molar-refractivity contribution >= 4 is 40.9 Å². The van der Waals surface area contributed by atoms with Gasteiger partial charge in [-0.2, -0.15) is 0 Å². The first kappa shape index (κ1) is 21.1. The van der Waals surface area contributed by atoms with Gasteiger partial charge in [-0.05, 0) is 61.0 Å². The van der Waals surface area contributed by atoms with Crippen molar-refractivity contribution in [3.05, 3.63) is 89.5 Å². The number of thioether (sulfide) groups is 1. The molecule has 0 spiro atoms. The molecule has 3 rings (SSSR count). The van der Waals surface area contributed by atoms with Crippen LogP contribution in [-0.2, 0) is 4.79 Å². The first-order valence-corrected chi connectivity index (χ1v) is 10.1. The fraction of sp³-hybridized carbons (Fsp3) is 0.0870. The van der Waals surface area contributed by atoms with Crippen LogP contribution in [0, 0.1) is 6.92 Å². The predicted molar refractivity (Wildman–Crippen MR) is 118 cm³/mol. The summed E-state index contributed by atoms with van der Waals surface area (Å²) < 4.78 is 0. The second-order valence-electron chi connectivity index (χ2n) is 6.54. The third kappa shape index (κ3) is 5.71. The van der Waals surface area contributed by atoms with E-state index >= 15 is 0 Å². The highest BCUT2D eigenvalue weighted by Gasteiger charge is 2.15. The summed E-state index contributed by atoms with van der Waals surface area (Å²) in [5, 5.41) is 14.8. The Hall–Kier alpha value is -3.58. The van der Waals surface area contributed by atoms with Gasteiger partial charge in [0.15, 0.2) is 0 Å². The number of hydrogen-bond acceptors (Lipinski definition) is 4. The second-order valence-corrected chi connectivity index (χ2v) is 7.58. The molecule has 0 fully saturated rings. The molecular formula is C23H20N2O4S. The molecule has 0 unspecified atom stereocenters. The van der Waals surface area contributed by atoms with Crippen molar-refractivity contribution in [1.82, 2.24) is 0 Å². The third-order valence-corrected chi connectivity index (χ3v) is 5.20. The third-order valence-electron chi connectivity index (χ3n) is 4.19. The highest BCUT2D eigenvalue weighted by molar-refractivity contribution is 8.00. The number of carboxylic acids is 1. The molecule has 0 bridgehead atoms. The zero-order valence-electron chi connectivity index (χ0n) is 16.2. The van der Waals surface area contributed by atoms with E-state index in [9.17, 15) is 19.5 Å². The van der Waals surface area contributed by atoms with E-state index in [2.05, 4.69) is 10.6 Å². The molecule has 6 nitrogen and oxygen atoms in total. The molecular weight excluding hydrogens is 400 g/mol. The highest BCUT2D eigenvalue weighted by atomic mass is 32.2. The van der Waals surface area contributed by atoms with E-state index in [1.807, 2.05) is 31.2 Å². The number of amides is 2. The van der Waals surface area contributed by atoms with Gasteiger partial charge in [0.25, 0.3) is 5.91 Å². The lowest BCUT2D eigenvalue weighted by Gasteiger charge is -2.09. The van der Waals surface area contributed by atoms with Crippen molar-refractivity contribution in [3.8, 4) is 0 Å². The number of anilines is 2. The van der Waals surface area contributed by atoms with Crippen LogP contribution in [0.1, 0.15) is 26.3 Å². The van der Waals surface area contributed by atoms with Gasteiger partial charge in [0.05, 0.1) is 16.9 Å². The summed E-state index contributed by atoms with van der Waals surface area (Å²) in [5.41, 5.74) is 2.41. The number of aryl methyl sites for hydroxylation is 1. The fourth-order valence-corrected chi connectivity index (χ4v) is 3.47. The van der Waals surface area contributed by atoms with E-state index in [0.717, 1.165) is 16.1 Å². The molecule has 2 amide bonds. The number of carbonyl (C=O) groups excluding carboxylic acids is 2. The number of carbonyl (C=O) groups is 3. The first-order valence-electron chi connectivity index (χ1n) is 9.15. The Morgan fingerprint density at radius 2 is 1.53 bits per heavy atom. The van der Waals surface area contributed by atoms with Gasteiger partial charge < -0.3 is 15.7 Å². The van der Waals surface area contributed by atoms with Gasteiger partial charge in [-0.3, -0.25) is 9.59 Å². The first-order chi connectivity index (χ1) is 14.4. The van der Waals surface area contributed by atoms with Gasteiger partial charge in [0.1, 0.15) is 0 Å². The van der Waals surface area contributed by atoms with Crippen molar-refractivity contribution in [2.24, 2.45) is 0 Å². The summed E-state index contributed by atoms with van der Waals surface area (Å²) in [6.45, 7) is 1.96. The fourth-order valence-electron chi connectivity index (χ4n) is 2.77. The minimum absolute atomic E-state index is 0.0539. The van der Waals surface area contributed by atoms with Crippen LogP contribution in [-0.4, -0.2) is 28.6 Å². The Morgan fingerprint density at radius 1 is 0.833 bits per heavy atom. The Kier molecular flexibility index (Phi) is 6.87. The number of hydrogen-bond donors (Lipinski definition) is 3. The van der Waals surface area contributed by atoms with Crippen LogP contribution in [0.25, 0.3) is 0 Å². The van der Waals surface area contributed by atoms with Crippen LogP contribution in [0.5, 0.6) is 0 Å². The number of benzene rings is 3. The summed E-state index contributed by atoms with van der Waals surface area (Å²) in [6, 6.07) is 20.7. The number of aromatic carboxylic acids is 1. The molecule has 0 heterocycles. The smallest absolute Gasteiger partial charge is 0.336 e. The average molecular weight is 420 g/mol. The van der Waals surface area contributed by atoms with E-state index in [1.165, 1.54) is 23.9 Å². The molecule has 152 valence electrons. The van der Waals surface area contributed by atoms with E-state index in [1.54, 1.807) is 36.4 Å². The lowest BCUT2D eigenvalue weighted by molar-refractivity contribution is -0.113. The van der Waals surface area contributed by atoms with Gasteiger partial charge in [-0.25, -0.2) is 4.79 Å². The van der Waals surface area contributed by atoms with Crippen LogP contribution in [0.2, 0.25) is 0 Å². The molecule has 0 saturated carbocycles. The number of carboxylic acid groups (broad SMARTS) is 1. The van der Waals surface area contributed by atoms with Crippen molar-refractivity contribution in [2.75, 3.05) is 16.4 Å². The van der Waals surface area contributed by atoms with Crippen molar-refractivity contribution in [2.45, 2.75) is 11.8 Å². The molecule has 0 aliphatic carbocycles. The minimum Gasteiger partial charge on any atom is -0.478 e. The van der Waals surface area contributed by atoms with E-state index in [0.29, 0.717) is 5.69 Å². The quantitative estimate of drug-likeness (QED) is 0.483. The molecule has 0 aromatic heterocycles. The Balaban J connectivity index is 1.55.